The van der Waals surface area contributed by atoms with E-state index in [2.05, 4.69) is 49.6 Å². The molecule has 0 bridgehead atoms. The average molecular weight is 557 g/mol. The van der Waals surface area contributed by atoms with Crippen molar-refractivity contribution in [3.05, 3.63) is 23.9 Å². The van der Waals surface area contributed by atoms with Crippen molar-refractivity contribution in [1.29, 1.82) is 0 Å². The SMILES string of the molecule is CCN1CCN(c2ccc(C(=O)NCCCCCCCCCCCCCCI)cn2)CC1. The second-order valence-electron chi connectivity index (χ2n) is 9.01. The highest BCUT2D eigenvalue weighted by atomic mass is 127. The summed E-state index contributed by atoms with van der Waals surface area (Å²) in [6, 6.07) is 3.90. The molecule has 0 radical (unpaired) electrons. The zero-order chi connectivity index (χ0) is 22.9. The predicted octanol–water partition coefficient (Wildman–Crippen LogP) is 6.07. The van der Waals surface area contributed by atoms with E-state index < -0.39 is 0 Å². The number of pyridine rings is 1. The highest BCUT2D eigenvalue weighted by molar-refractivity contribution is 14.1. The van der Waals surface area contributed by atoms with Gasteiger partial charge in [-0.1, -0.05) is 93.7 Å². The van der Waals surface area contributed by atoms with Crippen molar-refractivity contribution in [2.24, 2.45) is 0 Å². The topological polar surface area (TPSA) is 48.5 Å². The van der Waals surface area contributed by atoms with Gasteiger partial charge >= 0.3 is 0 Å². The molecule has 0 unspecified atom stereocenters. The lowest BCUT2D eigenvalue weighted by Gasteiger charge is -2.34. The van der Waals surface area contributed by atoms with Crippen LogP contribution in [0.15, 0.2) is 18.3 Å². The van der Waals surface area contributed by atoms with E-state index >= 15 is 0 Å². The smallest absolute Gasteiger partial charge is 0.252 e. The molecular formula is C26H45IN4O. The largest absolute Gasteiger partial charge is 0.354 e. The molecule has 0 aliphatic carbocycles. The van der Waals surface area contributed by atoms with Crippen LogP contribution in [-0.2, 0) is 0 Å². The minimum absolute atomic E-state index is 0.00154. The number of unbranched alkanes of at least 4 members (excludes halogenated alkanes) is 11. The van der Waals surface area contributed by atoms with Crippen LogP contribution in [0.25, 0.3) is 0 Å². The number of likely N-dealkylation sites (N-methyl/N-ethyl adjacent to an activating group) is 1. The maximum absolute atomic E-state index is 12.4. The van der Waals surface area contributed by atoms with Gasteiger partial charge in [0.2, 0.25) is 0 Å². The Kier molecular flexibility index (Phi) is 15.0. The molecule has 0 atom stereocenters. The van der Waals surface area contributed by atoms with Crippen molar-refractivity contribution in [2.75, 3.05) is 48.6 Å². The highest BCUT2D eigenvalue weighted by Gasteiger charge is 2.17. The van der Waals surface area contributed by atoms with Gasteiger partial charge in [0, 0.05) is 38.9 Å². The van der Waals surface area contributed by atoms with Crippen molar-refractivity contribution < 1.29 is 4.79 Å². The fourth-order valence-corrected chi connectivity index (χ4v) is 4.83. The van der Waals surface area contributed by atoms with Gasteiger partial charge in [-0.3, -0.25) is 4.79 Å². The molecule has 32 heavy (non-hydrogen) atoms. The van der Waals surface area contributed by atoms with E-state index in [4.69, 9.17) is 0 Å². The number of halogens is 1. The van der Waals surface area contributed by atoms with Crippen LogP contribution in [0, 0.1) is 0 Å². The molecule has 1 N–H and O–H groups in total. The Morgan fingerprint density at radius 3 is 1.94 bits per heavy atom. The van der Waals surface area contributed by atoms with Gasteiger partial charge in [-0.15, -0.1) is 0 Å². The van der Waals surface area contributed by atoms with Gasteiger partial charge in [0.25, 0.3) is 5.91 Å². The molecule has 1 aromatic heterocycles. The summed E-state index contributed by atoms with van der Waals surface area (Å²) in [5.41, 5.74) is 0.662. The monoisotopic (exact) mass is 556 g/mol. The van der Waals surface area contributed by atoms with Crippen molar-refractivity contribution in [1.82, 2.24) is 15.2 Å². The second-order valence-corrected chi connectivity index (χ2v) is 10.1. The first-order valence-corrected chi connectivity index (χ1v) is 14.5. The van der Waals surface area contributed by atoms with Crippen molar-refractivity contribution in [3.63, 3.8) is 0 Å². The molecule has 1 fully saturated rings. The summed E-state index contributed by atoms with van der Waals surface area (Å²) >= 11 is 2.47. The molecule has 1 amide bonds. The second kappa shape index (κ2) is 17.6. The van der Waals surface area contributed by atoms with Gasteiger partial charge in [-0.2, -0.15) is 0 Å². The number of amides is 1. The molecule has 2 rings (SSSR count). The molecule has 6 heteroatoms. The van der Waals surface area contributed by atoms with Gasteiger partial charge in [-0.05, 0) is 35.9 Å². The summed E-state index contributed by atoms with van der Waals surface area (Å²) < 4.78 is 1.31. The number of piperazine rings is 1. The Morgan fingerprint density at radius 1 is 0.875 bits per heavy atom. The first-order chi connectivity index (χ1) is 15.7. The third kappa shape index (κ3) is 11.3. The molecule has 1 aromatic rings. The van der Waals surface area contributed by atoms with Crippen LogP contribution in [0.2, 0.25) is 0 Å². The van der Waals surface area contributed by atoms with E-state index in [9.17, 15) is 4.79 Å². The lowest BCUT2D eigenvalue weighted by atomic mass is 10.1. The van der Waals surface area contributed by atoms with Crippen LogP contribution < -0.4 is 10.2 Å². The number of anilines is 1. The normalized spacial score (nSPS) is 14.6. The Labute approximate surface area is 210 Å². The van der Waals surface area contributed by atoms with Crippen LogP contribution in [0.5, 0.6) is 0 Å². The summed E-state index contributed by atoms with van der Waals surface area (Å²) in [7, 11) is 0. The third-order valence-corrected chi connectivity index (χ3v) is 7.26. The Hall–Kier alpha value is -0.890. The molecular weight excluding hydrogens is 511 g/mol. The first-order valence-electron chi connectivity index (χ1n) is 13.0. The summed E-state index contributed by atoms with van der Waals surface area (Å²) in [6.45, 7) is 8.25. The van der Waals surface area contributed by atoms with E-state index in [1.807, 2.05) is 12.1 Å². The van der Waals surface area contributed by atoms with E-state index in [1.165, 1.54) is 75.1 Å². The number of nitrogens with zero attached hydrogens (tertiary/aromatic N) is 3. The summed E-state index contributed by atoms with van der Waals surface area (Å²) in [6.07, 6.45) is 17.8. The molecule has 0 aromatic carbocycles. The quantitative estimate of drug-likeness (QED) is 0.144. The van der Waals surface area contributed by atoms with Crippen LogP contribution >= 0.6 is 22.6 Å². The van der Waals surface area contributed by atoms with Crippen LogP contribution in [0.4, 0.5) is 5.82 Å². The minimum atomic E-state index is -0.00154. The van der Waals surface area contributed by atoms with E-state index in [0.717, 1.165) is 51.5 Å². The molecule has 1 aliphatic heterocycles. The van der Waals surface area contributed by atoms with Gasteiger partial charge in [0.1, 0.15) is 5.82 Å². The standard InChI is InChI=1S/C26H45IN4O/c1-2-30-19-21-31(22-20-30)25-16-15-24(23-29-25)26(32)28-18-14-12-10-8-6-4-3-5-7-9-11-13-17-27/h15-16,23H,2-14,17-22H2,1H3,(H,28,32). The van der Waals surface area contributed by atoms with Crippen LogP contribution in [-0.4, -0.2) is 59.5 Å². The molecule has 182 valence electrons. The zero-order valence-electron chi connectivity index (χ0n) is 20.3. The van der Waals surface area contributed by atoms with E-state index in [1.54, 1.807) is 6.20 Å². The van der Waals surface area contributed by atoms with Crippen molar-refractivity contribution >= 4 is 34.3 Å². The first kappa shape index (κ1) is 27.4. The number of hydrogen-bond donors (Lipinski definition) is 1. The van der Waals surface area contributed by atoms with Crippen molar-refractivity contribution in [2.45, 2.75) is 84.0 Å². The van der Waals surface area contributed by atoms with Gasteiger partial charge in [0.15, 0.2) is 0 Å². The molecule has 1 aliphatic rings. The number of hydrogen-bond acceptors (Lipinski definition) is 4. The molecule has 2 heterocycles. The molecule has 0 spiro atoms. The number of nitrogens with one attached hydrogen (secondary N) is 1. The maximum Gasteiger partial charge on any atom is 0.252 e. The van der Waals surface area contributed by atoms with Crippen molar-refractivity contribution in [3.8, 4) is 0 Å². The highest BCUT2D eigenvalue weighted by Crippen LogP contribution is 2.15. The lowest BCUT2D eigenvalue weighted by Crippen LogP contribution is -2.46. The van der Waals surface area contributed by atoms with Crippen LogP contribution in [0.1, 0.15) is 94.3 Å². The van der Waals surface area contributed by atoms with Gasteiger partial charge in [0.05, 0.1) is 5.56 Å². The summed E-state index contributed by atoms with van der Waals surface area (Å²) in [5.74, 6) is 0.979. The van der Waals surface area contributed by atoms with E-state index in [-0.39, 0.29) is 5.91 Å². The molecule has 0 saturated carbocycles. The fraction of sp³-hybridized carbons (Fsp3) is 0.769. The van der Waals surface area contributed by atoms with Gasteiger partial charge < -0.3 is 15.1 Å². The third-order valence-electron chi connectivity index (χ3n) is 6.50. The van der Waals surface area contributed by atoms with Gasteiger partial charge in [-0.25, -0.2) is 4.98 Å². The number of carbonyl (C=O) groups excluding carboxylic acids is 1. The summed E-state index contributed by atoms with van der Waals surface area (Å²) in [4.78, 5) is 21.7. The molecule has 1 saturated heterocycles. The maximum atomic E-state index is 12.4. The number of aromatic nitrogens is 1. The zero-order valence-corrected chi connectivity index (χ0v) is 22.5. The Balaban J connectivity index is 1.46. The number of carbonyl (C=O) groups is 1. The number of alkyl halides is 1. The Bertz CT molecular complexity index is 602. The Morgan fingerprint density at radius 2 is 1.44 bits per heavy atom. The summed E-state index contributed by atoms with van der Waals surface area (Å²) in [5, 5.41) is 3.05. The number of rotatable bonds is 17. The predicted molar refractivity (Wildman–Crippen MR) is 145 cm³/mol. The minimum Gasteiger partial charge on any atom is -0.354 e. The fourth-order valence-electron chi connectivity index (χ4n) is 4.29. The average Bonchev–Trinajstić information content (AvgIpc) is 2.84. The van der Waals surface area contributed by atoms with Crippen LogP contribution in [0.3, 0.4) is 0 Å². The van der Waals surface area contributed by atoms with E-state index in [0.29, 0.717) is 5.56 Å². The molecule has 5 nitrogen and oxygen atoms in total. The lowest BCUT2D eigenvalue weighted by molar-refractivity contribution is 0.0952.